The number of hydrogen-bond donors (Lipinski definition) is 1. The first-order chi connectivity index (χ1) is 13.2. The van der Waals surface area contributed by atoms with Crippen molar-refractivity contribution in [1.29, 1.82) is 0 Å². The van der Waals surface area contributed by atoms with E-state index in [1.54, 1.807) is 42.5 Å². The number of rotatable bonds is 5. The van der Waals surface area contributed by atoms with Crippen molar-refractivity contribution >= 4 is 27.6 Å². The Labute approximate surface area is 170 Å². The Hall–Kier alpha value is -1.93. The van der Waals surface area contributed by atoms with Gasteiger partial charge in [-0.2, -0.15) is 4.31 Å². The molecule has 1 aliphatic rings. The van der Waals surface area contributed by atoms with E-state index < -0.39 is 16.0 Å². The van der Waals surface area contributed by atoms with Crippen LogP contribution in [0.1, 0.15) is 29.8 Å². The number of benzene rings is 2. The third-order valence-electron chi connectivity index (χ3n) is 5.09. The molecule has 2 atom stereocenters. The van der Waals surface area contributed by atoms with Gasteiger partial charge in [-0.15, -0.1) is 0 Å². The Kier molecular flexibility index (Phi) is 6.09. The van der Waals surface area contributed by atoms with Gasteiger partial charge in [0.15, 0.2) is 0 Å². The molecule has 0 spiro atoms. The predicted molar refractivity (Wildman–Crippen MR) is 108 cm³/mol. The van der Waals surface area contributed by atoms with Crippen LogP contribution in [0.5, 0.6) is 0 Å². The van der Waals surface area contributed by atoms with Crippen molar-refractivity contribution in [2.45, 2.75) is 37.4 Å². The number of halogens is 1. The predicted octanol–water partition coefficient (Wildman–Crippen LogP) is 3.32. The van der Waals surface area contributed by atoms with Crippen LogP contribution in [-0.2, 0) is 16.6 Å². The number of piperazine rings is 1. The van der Waals surface area contributed by atoms with Gasteiger partial charge in [-0.25, -0.2) is 13.2 Å². The molecule has 1 heterocycles. The lowest BCUT2D eigenvalue weighted by atomic mass is 10.1. The highest BCUT2D eigenvalue weighted by molar-refractivity contribution is 7.89. The maximum Gasteiger partial charge on any atom is 0.335 e. The summed E-state index contributed by atoms with van der Waals surface area (Å²) in [7, 11) is -3.66. The monoisotopic (exact) mass is 422 g/mol. The zero-order chi connectivity index (χ0) is 20.5. The molecule has 0 saturated carbocycles. The molecule has 28 heavy (non-hydrogen) atoms. The van der Waals surface area contributed by atoms with Gasteiger partial charge in [0.25, 0.3) is 0 Å². The van der Waals surface area contributed by atoms with E-state index >= 15 is 0 Å². The first-order valence-electron chi connectivity index (χ1n) is 9.03. The van der Waals surface area contributed by atoms with Gasteiger partial charge in [0.05, 0.1) is 10.6 Å². The summed E-state index contributed by atoms with van der Waals surface area (Å²) in [6, 6.07) is 13.3. The molecule has 150 valence electrons. The fourth-order valence-electron chi connectivity index (χ4n) is 3.57. The van der Waals surface area contributed by atoms with Gasteiger partial charge in [0.1, 0.15) is 4.90 Å². The van der Waals surface area contributed by atoms with E-state index in [0.29, 0.717) is 19.6 Å². The molecule has 2 aromatic carbocycles. The summed E-state index contributed by atoms with van der Waals surface area (Å²) in [5, 5.41) is 9.24. The van der Waals surface area contributed by atoms with Crippen LogP contribution in [0.4, 0.5) is 0 Å². The van der Waals surface area contributed by atoms with Crippen LogP contribution >= 0.6 is 11.6 Å². The van der Waals surface area contributed by atoms with Crippen molar-refractivity contribution in [1.82, 2.24) is 9.21 Å². The van der Waals surface area contributed by atoms with Crippen LogP contribution in [0.15, 0.2) is 53.4 Å². The van der Waals surface area contributed by atoms with Gasteiger partial charge in [-0.3, -0.25) is 4.90 Å². The molecule has 1 saturated heterocycles. The molecule has 0 unspecified atom stereocenters. The van der Waals surface area contributed by atoms with Crippen LogP contribution in [0.25, 0.3) is 0 Å². The molecule has 1 N–H and O–H groups in total. The summed E-state index contributed by atoms with van der Waals surface area (Å²) in [5.41, 5.74) is 1.24. The average molecular weight is 423 g/mol. The first kappa shape index (κ1) is 20.8. The highest BCUT2D eigenvalue weighted by Gasteiger charge is 2.36. The minimum absolute atomic E-state index is 0.000151. The SMILES string of the molecule is C[C@@H]1CN(S(=O)(=O)c2ccccc2Cl)C[C@H](C)N1Cc1ccc(C(=O)O)cc1. The highest BCUT2D eigenvalue weighted by Crippen LogP contribution is 2.28. The lowest BCUT2D eigenvalue weighted by molar-refractivity contribution is 0.0691. The molecule has 0 aromatic heterocycles. The number of aromatic carboxylic acids is 1. The van der Waals surface area contributed by atoms with Gasteiger partial charge in [0.2, 0.25) is 10.0 Å². The molecule has 3 rings (SSSR count). The van der Waals surface area contributed by atoms with Crippen LogP contribution < -0.4 is 0 Å². The van der Waals surface area contributed by atoms with E-state index in [2.05, 4.69) is 4.90 Å². The second-order valence-electron chi connectivity index (χ2n) is 7.12. The fourth-order valence-corrected chi connectivity index (χ4v) is 5.67. The minimum Gasteiger partial charge on any atom is -0.478 e. The van der Waals surface area contributed by atoms with Crippen molar-refractivity contribution in [2.24, 2.45) is 0 Å². The Balaban J connectivity index is 1.75. The number of hydrogen-bond acceptors (Lipinski definition) is 4. The largest absolute Gasteiger partial charge is 0.478 e. The molecule has 1 fully saturated rings. The van der Waals surface area contributed by atoms with E-state index in [-0.39, 0.29) is 27.6 Å². The number of carboxylic acids is 1. The maximum absolute atomic E-state index is 13.0. The summed E-state index contributed by atoms with van der Waals surface area (Å²) in [4.78, 5) is 13.4. The van der Waals surface area contributed by atoms with Crippen LogP contribution in [-0.4, -0.2) is 53.9 Å². The molecule has 6 nitrogen and oxygen atoms in total. The quantitative estimate of drug-likeness (QED) is 0.799. The second kappa shape index (κ2) is 8.21. The van der Waals surface area contributed by atoms with Crippen LogP contribution in [0, 0.1) is 0 Å². The summed E-state index contributed by atoms with van der Waals surface area (Å²) < 4.78 is 27.6. The molecular weight excluding hydrogens is 400 g/mol. The lowest BCUT2D eigenvalue weighted by Crippen LogP contribution is -2.57. The lowest BCUT2D eigenvalue weighted by Gasteiger charge is -2.43. The molecule has 0 amide bonds. The van der Waals surface area contributed by atoms with Crippen LogP contribution in [0.2, 0.25) is 5.02 Å². The molecule has 0 radical (unpaired) electrons. The zero-order valence-corrected chi connectivity index (χ0v) is 17.3. The van der Waals surface area contributed by atoms with E-state index in [1.807, 2.05) is 13.8 Å². The third kappa shape index (κ3) is 4.22. The van der Waals surface area contributed by atoms with E-state index in [0.717, 1.165) is 5.56 Å². The van der Waals surface area contributed by atoms with Gasteiger partial charge in [0, 0.05) is 31.7 Å². The third-order valence-corrected chi connectivity index (χ3v) is 7.42. The fraction of sp³-hybridized carbons (Fsp3) is 0.350. The molecule has 2 aromatic rings. The summed E-state index contributed by atoms with van der Waals surface area (Å²) >= 11 is 6.11. The molecular formula is C20H23ClN2O4S. The van der Waals surface area contributed by atoms with Crippen molar-refractivity contribution in [2.75, 3.05) is 13.1 Å². The summed E-state index contributed by atoms with van der Waals surface area (Å²) in [6.45, 7) is 5.35. The Morgan fingerprint density at radius 1 is 1.07 bits per heavy atom. The van der Waals surface area contributed by atoms with Crippen LogP contribution in [0.3, 0.4) is 0 Å². The average Bonchev–Trinajstić information content (AvgIpc) is 2.65. The summed E-state index contributed by atoms with van der Waals surface area (Å²) in [6.07, 6.45) is 0. The van der Waals surface area contributed by atoms with E-state index in [1.165, 1.54) is 10.4 Å². The van der Waals surface area contributed by atoms with Gasteiger partial charge < -0.3 is 5.11 Å². The minimum atomic E-state index is -3.66. The Bertz CT molecular complexity index is 950. The van der Waals surface area contributed by atoms with Gasteiger partial charge in [-0.1, -0.05) is 35.9 Å². The number of nitrogens with zero attached hydrogens (tertiary/aromatic N) is 2. The van der Waals surface area contributed by atoms with Crippen molar-refractivity contribution in [3.63, 3.8) is 0 Å². The normalized spacial score (nSPS) is 21.5. The van der Waals surface area contributed by atoms with E-state index in [4.69, 9.17) is 16.7 Å². The number of carboxylic acid groups (broad SMARTS) is 1. The standard InChI is InChI=1S/C20H23ClN2O4S/c1-14-11-22(28(26,27)19-6-4-3-5-18(19)21)12-15(2)23(14)13-16-7-9-17(10-8-16)20(24)25/h3-10,14-15H,11-13H2,1-2H3,(H,24,25)/t14-,15+. The number of sulfonamides is 1. The van der Waals surface area contributed by atoms with Crippen molar-refractivity contribution in [3.05, 3.63) is 64.7 Å². The Morgan fingerprint density at radius 3 is 2.18 bits per heavy atom. The van der Waals surface area contributed by atoms with Gasteiger partial charge in [-0.05, 0) is 43.7 Å². The topological polar surface area (TPSA) is 77.9 Å². The smallest absolute Gasteiger partial charge is 0.335 e. The van der Waals surface area contributed by atoms with E-state index in [9.17, 15) is 13.2 Å². The Morgan fingerprint density at radius 2 is 1.64 bits per heavy atom. The zero-order valence-electron chi connectivity index (χ0n) is 15.7. The molecule has 8 heteroatoms. The number of carbonyl (C=O) groups is 1. The van der Waals surface area contributed by atoms with Crippen molar-refractivity contribution in [3.8, 4) is 0 Å². The maximum atomic E-state index is 13.0. The highest BCUT2D eigenvalue weighted by atomic mass is 35.5. The first-order valence-corrected chi connectivity index (χ1v) is 10.8. The second-order valence-corrected chi connectivity index (χ2v) is 9.44. The molecule has 1 aliphatic heterocycles. The molecule has 0 bridgehead atoms. The van der Waals surface area contributed by atoms with Crippen molar-refractivity contribution < 1.29 is 18.3 Å². The molecule has 0 aliphatic carbocycles. The van der Waals surface area contributed by atoms with Gasteiger partial charge >= 0.3 is 5.97 Å². The summed E-state index contributed by atoms with van der Waals surface area (Å²) in [5.74, 6) is -0.952.